The lowest BCUT2D eigenvalue weighted by atomic mass is 10.1. The third-order valence-corrected chi connectivity index (χ3v) is 4.29. The lowest BCUT2D eigenvalue weighted by Gasteiger charge is -2.30. The average Bonchev–Trinajstić information content (AvgIpc) is 2.46. The predicted molar refractivity (Wildman–Crippen MR) is 84.7 cm³/mol. The molecule has 0 aromatic heterocycles. The number of amides is 1. The van der Waals surface area contributed by atoms with Gasteiger partial charge in [0.05, 0.1) is 0 Å². The van der Waals surface area contributed by atoms with Crippen molar-refractivity contribution in [2.45, 2.75) is 45.8 Å². The van der Waals surface area contributed by atoms with Gasteiger partial charge in [0.25, 0.3) is 5.91 Å². The molecular weight excluding hydrogens is 264 g/mol. The monoisotopic (exact) mass is 290 g/mol. The van der Waals surface area contributed by atoms with E-state index in [2.05, 4.69) is 17.3 Å². The fourth-order valence-corrected chi connectivity index (χ4v) is 2.57. The summed E-state index contributed by atoms with van der Waals surface area (Å²) in [5, 5.41) is 3.10. The fourth-order valence-electron chi connectivity index (χ4n) is 2.57. The molecule has 0 aliphatic carbocycles. The Morgan fingerprint density at radius 3 is 2.67 bits per heavy atom. The molecule has 1 heterocycles. The van der Waals surface area contributed by atoms with Crippen LogP contribution in [0.25, 0.3) is 0 Å². The van der Waals surface area contributed by atoms with E-state index in [0.29, 0.717) is 0 Å². The summed E-state index contributed by atoms with van der Waals surface area (Å²) in [5.74, 6) is 0.770. The third-order valence-electron chi connectivity index (χ3n) is 4.29. The minimum Gasteiger partial charge on any atom is -0.481 e. The summed E-state index contributed by atoms with van der Waals surface area (Å²) in [6, 6.07) is 6.20. The van der Waals surface area contributed by atoms with Crippen LogP contribution in [0, 0.1) is 13.8 Å². The van der Waals surface area contributed by atoms with Crippen LogP contribution in [0.1, 0.15) is 30.9 Å². The normalized spacial score (nSPS) is 18.3. The summed E-state index contributed by atoms with van der Waals surface area (Å²) < 4.78 is 5.83. The van der Waals surface area contributed by atoms with Crippen molar-refractivity contribution in [2.75, 3.05) is 20.1 Å². The molecule has 116 valence electrons. The molecule has 1 amide bonds. The molecule has 0 bridgehead atoms. The standard InChI is InChI=1S/C17H26N2O2/c1-12-6-5-7-16(13(12)2)21-14(3)17(20)18-15-8-10-19(4)11-9-15/h5-7,14-15H,8-11H2,1-4H3,(H,18,20)/t14-/m1/s1. The topological polar surface area (TPSA) is 41.6 Å². The van der Waals surface area contributed by atoms with Crippen molar-refractivity contribution in [1.82, 2.24) is 10.2 Å². The first-order valence-electron chi connectivity index (χ1n) is 7.69. The van der Waals surface area contributed by atoms with Gasteiger partial charge in [-0.2, -0.15) is 0 Å². The summed E-state index contributed by atoms with van der Waals surface area (Å²) in [6.07, 6.45) is 1.56. The highest BCUT2D eigenvalue weighted by molar-refractivity contribution is 5.81. The van der Waals surface area contributed by atoms with Crippen molar-refractivity contribution in [2.24, 2.45) is 0 Å². The van der Waals surface area contributed by atoms with Crippen LogP contribution in [0.5, 0.6) is 5.75 Å². The summed E-state index contributed by atoms with van der Waals surface area (Å²) in [7, 11) is 2.12. The van der Waals surface area contributed by atoms with E-state index in [1.807, 2.05) is 39.0 Å². The van der Waals surface area contributed by atoms with Gasteiger partial charge in [-0.1, -0.05) is 12.1 Å². The van der Waals surface area contributed by atoms with E-state index in [1.165, 1.54) is 5.56 Å². The van der Waals surface area contributed by atoms with Gasteiger partial charge >= 0.3 is 0 Å². The quantitative estimate of drug-likeness (QED) is 0.925. The van der Waals surface area contributed by atoms with Crippen molar-refractivity contribution < 1.29 is 9.53 Å². The number of ether oxygens (including phenoxy) is 1. The van der Waals surface area contributed by atoms with E-state index in [9.17, 15) is 4.79 Å². The number of rotatable bonds is 4. The SMILES string of the molecule is Cc1cccc(O[C@H](C)C(=O)NC2CCN(C)CC2)c1C. The maximum absolute atomic E-state index is 12.2. The van der Waals surface area contributed by atoms with E-state index in [4.69, 9.17) is 4.74 Å². The van der Waals surface area contributed by atoms with Gasteiger partial charge in [-0.3, -0.25) is 4.79 Å². The number of hydrogen-bond donors (Lipinski definition) is 1. The lowest BCUT2D eigenvalue weighted by molar-refractivity contribution is -0.128. The lowest BCUT2D eigenvalue weighted by Crippen LogP contribution is -2.47. The minimum absolute atomic E-state index is 0.0227. The van der Waals surface area contributed by atoms with Gasteiger partial charge in [0.1, 0.15) is 5.75 Å². The average molecular weight is 290 g/mol. The van der Waals surface area contributed by atoms with Crippen molar-refractivity contribution in [1.29, 1.82) is 0 Å². The van der Waals surface area contributed by atoms with Crippen LogP contribution in [-0.4, -0.2) is 43.1 Å². The van der Waals surface area contributed by atoms with E-state index in [1.54, 1.807) is 0 Å². The molecule has 1 aliphatic heterocycles. The zero-order valence-corrected chi connectivity index (χ0v) is 13.5. The molecule has 0 saturated carbocycles. The summed E-state index contributed by atoms with van der Waals surface area (Å²) in [5.41, 5.74) is 2.27. The highest BCUT2D eigenvalue weighted by atomic mass is 16.5. The molecule has 0 spiro atoms. The molecule has 2 rings (SSSR count). The van der Waals surface area contributed by atoms with E-state index in [0.717, 1.165) is 37.2 Å². The van der Waals surface area contributed by atoms with E-state index >= 15 is 0 Å². The molecule has 0 unspecified atom stereocenters. The molecule has 1 aliphatic rings. The smallest absolute Gasteiger partial charge is 0.260 e. The molecule has 1 saturated heterocycles. The zero-order valence-electron chi connectivity index (χ0n) is 13.5. The van der Waals surface area contributed by atoms with E-state index < -0.39 is 6.10 Å². The highest BCUT2D eigenvalue weighted by Crippen LogP contribution is 2.21. The molecule has 1 fully saturated rings. The van der Waals surface area contributed by atoms with Gasteiger partial charge in [0, 0.05) is 6.04 Å². The number of aryl methyl sites for hydroxylation is 1. The maximum atomic E-state index is 12.2. The Morgan fingerprint density at radius 1 is 1.33 bits per heavy atom. The number of benzene rings is 1. The highest BCUT2D eigenvalue weighted by Gasteiger charge is 2.22. The van der Waals surface area contributed by atoms with Crippen LogP contribution >= 0.6 is 0 Å². The number of nitrogens with zero attached hydrogens (tertiary/aromatic N) is 1. The maximum Gasteiger partial charge on any atom is 0.260 e. The second kappa shape index (κ2) is 6.94. The predicted octanol–water partition coefficient (Wildman–Crippen LogP) is 2.28. The molecule has 1 aromatic carbocycles. The molecule has 0 radical (unpaired) electrons. The van der Waals surface area contributed by atoms with Gasteiger partial charge in [-0.25, -0.2) is 0 Å². The fraction of sp³-hybridized carbons (Fsp3) is 0.588. The first kappa shape index (κ1) is 15.8. The number of piperidine rings is 1. The van der Waals surface area contributed by atoms with Crippen molar-refractivity contribution in [3.8, 4) is 5.75 Å². The summed E-state index contributed by atoms with van der Waals surface area (Å²) in [6.45, 7) is 7.96. The Labute approximate surface area is 127 Å². The van der Waals surface area contributed by atoms with Gasteiger partial charge in [-0.05, 0) is 70.9 Å². The van der Waals surface area contributed by atoms with Crippen LogP contribution in [0.15, 0.2) is 18.2 Å². The first-order chi connectivity index (χ1) is 9.97. The van der Waals surface area contributed by atoms with Crippen LogP contribution in [0.4, 0.5) is 0 Å². The van der Waals surface area contributed by atoms with Crippen molar-refractivity contribution in [3.63, 3.8) is 0 Å². The van der Waals surface area contributed by atoms with Crippen LogP contribution in [-0.2, 0) is 4.79 Å². The minimum atomic E-state index is -0.467. The van der Waals surface area contributed by atoms with Gasteiger partial charge in [0.2, 0.25) is 0 Å². The molecule has 1 aromatic rings. The van der Waals surface area contributed by atoms with Crippen LogP contribution in [0.2, 0.25) is 0 Å². The van der Waals surface area contributed by atoms with E-state index in [-0.39, 0.29) is 11.9 Å². The summed E-state index contributed by atoms with van der Waals surface area (Å²) >= 11 is 0. The van der Waals surface area contributed by atoms with Crippen molar-refractivity contribution in [3.05, 3.63) is 29.3 Å². The Kier molecular flexibility index (Phi) is 5.23. The van der Waals surface area contributed by atoms with Gasteiger partial charge in [0.15, 0.2) is 6.10 Å². The Bertz CT molecular complexity index is 494. The van der Waals surface area contributed by atoms with Crippen LogP contribution in [0.3, 0.4) is 0 Å². The molecule has 4 heteroatoms. The second-order valence-corrected chi connectivity index (χ2v) is 6.04. The zero-order chi connectivity index (χ0) is 15.4. The number of carbonyl (C=O) groups excluding carboxylic acids is 1. The molecule has 21 heavy (non-hydrogen) atoms. The van der Waals surface area contributed by atoms with Gasteiger partial charge in [-0.15, -0.1) is 0 Å². The molecule has 1 atom stereocenters. The Morgan fingerprint density at radius 2 is 2.00 bits per heavy atom. The number of carbonyl (C=O) groups is 1. The Balaban J connectivity index is 1.89. The number of nitrogens with one attached hydrogen (secondary N) is 1. The second-order valence-electron chi connectivity index (χ2n) is 6.04. The molecule has 4 nitrogen and oxygen atoms in total. The van der Waals surface area contributed by atoms with Gasteiger partial charge < -0.3 is 15.0 Å². The van der Waals surface area contributed by atoms with Crippen molar-refractivity contribution >= 4 is 5.91 Å². The number of likely N-dealkylation sites (tertiary alicyclic amines) is 1. The summed E-state index contributed by atoms with van der Waals surface area (Å²) in [4.78, 5) is 14.5. The number of hydrogen-bond acceptors (Lipinski definition) is 3. The largest absolute Gasteiger partial charge is 0.481 e. The first-order valence-corrected chi connectivity index (χ1v) is 7.69. The van der Waals surface area contributed by atoms with Crippen LogP contribution < -0.4 is 10.1 Å². The molecular formula is C17H26N2O2. The molecule has 1 N–H and O–H groups in total. The third kappa shape index (κ3) is 4.21. The Hall–Kier alpha value is -1.55.